The highest BCUT2D eigenvalue weighted by Crippen LogP contribution is 2.30. The fourth-order valence-corrected chi connectivity index (χ4v) is 0.951. The van der Waals surface area contributed by atoms with Crippen molar-refractivity contribution in [3.63, 3.8) is 0 Å². The van der Waals surface area contributed by atoms with E-state index in [1.807, 2.05) is 0 Å². The fourth-order valence-electron chi connectivity index (χ4n) is 0.474. The number of aliphatic hydroxyl groups is 1. The third-order valence-electron chi connectivity index (χ3n) is 1.19. The van der Waals surface area contributed by atoms with Crippen molar-refractivity contribution in [3.8, 4) is 0 Å². The van der Waals surface area contributed by atoms with Crippen molar-refractivity contribution in [1.29, 1.82) is 0 Å². The summed E-state index contributed by atoms with van der Waals surface area (Å²) in [6.45, 7) is 5.23. The van der Waals surface area contributed by atoms with Crippen LogP contribution in [0.5, 0.6) is 0 Å². The minimum atomic E-state index is -3.28. The van der Waals surface area contributed by atoms with Gasteiger partial charge in [-0.1, -0.05) is 35.2 Å². The van der Waals surface area contributed by atoms with Crippen LogP contribution in [0.15, 0.2) is 35.4 Å². The second kappa shape index (κ2) is 4.52. The maximum atomic E-state index is 12.7. The first-order valence-corrected chi connectivity index (χ1v) is 3.91. The first-order valence-electron chi connectivity index (χ1n) is 3.12. The molecule has 0 saturated heterocycles. The van der Waals surface area contributed by atoms with Crippen molar-refractivity contribution < 1.29 is 13.9 Å². The normalized spacial score (nSPS) is 12.8. The summed E-state index contributed by atoms with van der Waals surface area (Å²) in [5.74, 6) is -3.28. The Morgan fingerprint density at radius 2 is 2.08 bits per heavy atom. The van der Waals surface area contributed by atoms with Crippen LogP contribution in [0, 0.1) is 0 Å². The zero-order valence-electron chi connectivity index (χ0n) is 6.36. The number of hydrogen-bond donors (Lipinski definition) is 1. The zero-order chi connectivity index (χ0) is 9.78. The standard InChI is InChI=1S/C8H9BrF2O/c1-3-4-7(9)6(2)8(10,11)5-12/h3-4,12H,1-2,5H2/b7-4+. The van der Waals surface area contributed by atoms with Crippen LogP contribution in [0.3, 0.4) is 0 Å². The van der Waals surface area contributed by atoms with E-state index >= 15 is 0 Å². The van der Waals surface area contributed by atoms with Crippen LogP contribution in [-0.4, -0.2) is 17.6 Å². The van der Waals surface area contributed by atoms with Crippen molar-refractivity contribution >= 4 is 15.9 Å². The average Bonchev–Trinajstić information content (AvgIpc) is 2.03. The van der Waals surface area contributed by atoms with Gasteiger partial charge in [-0.2, -0.15) is 8.78 Å². The number of alkyl halides is 2. The van der Waals surface area contributed by atoms with Crippen LogP contribution in [-0.2, 0) is 0 Å². The molecule has 0 aliphatic carbocycles. The Kier molecular flexibility index (Phi) is 4.34. The quantitative estimate of drug-likeness (QED) is 0.747. The summed E-state index contributed by atoms with van der Waals surface area (Å²) < 4.78 is 25.5. The Balaban J connectivity index is 4.60. The van der Waals surface area contributed by atoms with Gasteiger partial charge in [-0.25, -0.2) is 0 Å². The topological polar surface area (TPSA) is 20.2 Å². The molecule has 0 fully saturated rings. The molecule has 0 rings (SSSR count). The second-order valence-corrected chi connectivity index (χ2v) is 2.95. The Morgan fingerprint density at radius 1 is 1.58 bits per heavy atom. The summed E-state index contributed by atoms with van der Waals surface area (Å²) >= 11 is 2.88. The van der Waals surface area contributed by atoms with Crippen molar-refractivity contribution in [3.05, 3.63) is 35.4 Å². The van der Waals surface area contributed by atoms with E-state index < -0.39 is 18.1 Å². The molecule has 0 heterocycles. The van der Waals surface area contributed by atoms with Gasteiger partial charge in [-0.05, 0) is 6.08 Å². The molecule has 0 aromatic rings. The van der Waals surface area contributed by atoms with Crippen LogP contribution in [0.2, 0.25) is 0 Å². The maximum Gasteiger partial charge on any atom is 0.296 e. The highest BCUT2D eigenvalue weighted by Gasteiger charge is 2.32. The molecular weight excluding hydrogens is 230 g/mol. The van der Waals surface area contributed by atoms with Gasteiger partial charge < -0.3 is 5.11 Å². The highest BCUT2D eigenvalue weighted by atomic mass is 79.9. The van der Waals surface area contributed by atoms with Gasteiger partial charge in [0.1, 0.15) is 6.61 Å². The van der Waals surface area contributed by atoms with Crippen molar-refractivity contribution in [1.82, 2.24) is 0 Å². The molecule has 0 saturated carbocycles. The van der Waals surface area contributed by atoms with E-state index in [1.165, 1.54) is 12.2 Å². The largest absolute Gasteiger partial charge is 0.390 e. The molecule has 0 radical (unpaired) electrons. The van der Waals surface area contributed by atoms with E-state index in [9.17, 15) is 8.78 Å². The Labute approximate surface area is 78.2 Å². The molecule has 0 aromatic carbocycles. The van der Waals surface area contributed by atoms with Gasteiger partial charge >= 0.3 is 0 Å². The molecule has 0 aliphatic rings. The van der Waals surface area contributed by atoms with Gasteiger partial charge in [0.25, 0.3) is 5.92 Å². The van der Waals surface area contributed by atoms with Gasteiger partial charge in [0.15, 0.2) is 0 Å². The molecule has 0 amide bonds. The summed E-state index contributed by atoms with van der Waals surface area (Å²) in [5.41, 5.74) is -0.454. The molecule has 4 heteroatoms. The van der Waals surface area contributed by atoms with Crippen molar-refractivity contribution in [2.24, 2.45) is 0 Å². The molecule has 0 aromatic heterocycles. The Morgan fingerprint density at radius 3 is 2.42 bits per heavy atom. The predicted molar refractivity (Wildman–Crippen MR) is 48.4 cm³/mol. The smallest absolute Gasteiger partial charge is 0.296 e. The molecule has 0 spiro atoms. The van der Waals surface area contributed by atoms with Crippen LogP contribution in [0.25, 0.3) is 0 Å². The van der Waals surface area contributed by atoms with E-state index in [2.05, 4.69) is 29.1 Å². The van der Waals surface area contributed by atoms with Gasteiger partial charge in [-0.3, -0.25) is 0 Å². The highest BCUT2D eigenvalue weighted by molar-refractivity contribution is 9.12. The molecule has 0 aliphatic heterocycles. The lowest BCUT2D eigenvalue weighted by Gasteiger charge is -2.15. The monoisotopic (exact) mass is 238 g/mol. The molecule has 0 bridgehead atoms. The van der Waals surface area contributed by atoms with Crippen LogP contribution < -0.4 is 0 Å². The lowest BCUT2D eigenvalue weighted by Crippen LogP contribution is -2.23. The average molecular weight is 239 g/mol. The number of aliphatic hydroxyl groups excluding tert-OH is 1. The van der Waals surface area contributed by atoms with E-state index in [1.54, 1.807) is 0 Å². The van der Waals surface area contributed by atoms with Gasteiger partial charge in [0, 0.05) is 10.1 Å². The summed E-state index contributed by atoms with van der Waals surface area (Å²) in [7, 11) is 0. The summed E-state index contributed by atoms with van der Waals surface area (Å²) in [5, 5.41) is 8.30. The van der Waals surface area contributed by atoms with E-state index in [0.717, 1.165) is 0 Å². The van der Waals surface area contributed by atoms with Crippen LogP contribution >= 0.6 is 15.9 Å². The van der Waals surface area contributed by atoms with E-state index in [-0.39, 0.29) is 4.48 Å². The summed E-state index contributed by atoms with van der Waals surface area (Å²) in [6.07, 6.45) is 2.69. The minimum Gasteiger partial charge on any atom is -0.390 e. The SMILES string of the molecule is C=C/C=C(/Br)C(=C)C(F)(F)CO. The number of rotatable bonds is 4. The number of hydrogen-bond acceptors (Lipinski definition) is 1. The summed E-state index contributed by atoms with van der Waals surface area (Å²) in [6, 6.07) is 0. The van der Waals surface area contributed by atoms with Gasteiger partial charge in [-0.15, -0.1) is 0 Å². The minimum absolute atomic E-state index is 0.136. The van der Waals surface area contributed by atoms with E-state index in [4.69, 9.17) is 5.11 Å². The van der Waals surface area contributed by atoms with Crippen LogP contribution in [0.1, 0.15) is 0 Å². The van der Waals surface area contributed by atoms with Crippen molar-refractivity contribution in [2.75, 3.05) is 6.61 Å². The number of halogens is 3. The molecule has 68 valence electrons. The predicted octanol–water partition coefficient (Wildman–Crippen LogP) is 2.64. The molecule has 1 N–H and O–H groups in total. The zero-order valence-corrected chi connectivity index (χ0v) is 7.94. The Hall–Kier alpha value is -0.480. The second-order valence-electron chi connectivity index (χ2n) is 2.09. The first-order chi connectivity index (χ1) is 5.45. The molecule has 0 unspecified atom stereocenters. The molecule has 1 nitrogen and oxygen atoms in total. The first kappa shape index (κ1) is 11.5. The molecule has 0 atom stereocenters. The molecular formula is C8H9BrF2O. The lowest BCUT2D eigenvalue weighted by molar-refractivity contribution is -0.0125. The fraction of sp³-hybridized carbons (Fsp3) is 0.250. The summed E-state index contributed by atoms with van der Waals surface area (Å²) in [4.78, 5) is 0. The van der Waals surface area contributed by atoms with Crippen molar-refractivity contribution in [2.45, 2.75) is 5.92 Å². The molecule has 12 heavy (non-hydrogen) atoms. The van der Waals surface area contributed by atoms with Gasteiger partial charge in [0.05, 0.1) is 0 Å². The lowest BCUT2D eigenvalue weighted by atomic mass is 10.1. The van der Waals surface area contributed by atoms with E-state index in [0.29, 0.717) is 0 Å². The Bertz CT molecular complexity index is 221. The van der Waals surface area contributed by atoms with Crippen LogP contribution in [0.4, 0.5) is 8.78 Å². The third-order valence-corrected chi connectivity index (χ3v) is 1.94. The third kappa shape index (κ3) is 2.87. The van der Waals surface area contributed by atoms with Gasteiger partial charge in [0.2, 0.25) is 0 Å². The maximum absolute atomic E-state index is 12.7. The number of allylic oxidation sites excluding steroid dienone is 3.